The standard InChI is InChI=1S/C19H21N3O3/c23-18(21-13-14-4-2-1-3-5-14)8-10-20-19(24)22-16-6-7-17-15(12-16)9-11-25-17/h1-7,12H,8-11,13H2,(H,21,23)(H2,20,22,24). The maximum absolute atomic E-state index is 11.9. The minimum Gasteiger partial charge on any atom is -0.493 e. The smallest absolute Gasteiger partial charge is 0.319 e. The fourth-order valence-electron chi connectivity index (χ4n) is 2.61. The normalized spacial score (nSPS) is 12.0. The molecule has 6 heteroatoms. The Morgan fingerprint density at radius 2 is 1.88 bits per heavy atom. The molecular formula is C19H21N3O3. The third kappa shape index (κ3) is 4.97. The van der Waals surface area contributed by atoms with Gasteiger partial charge < -0.3 is 20.7 Å². The highest BCUT2D eigenvalue weighted by molar-refractivity contribution is 5.89. The summed E-state index contributed by atoms with van der Waals surface area (Å²) in [7, 11) is 0. The third-order valence-electron chi connectivity index (χ3n) is 3.92. The average molecular weight is 339 g/mol. The quantitative estimate of drug-likeness (QED) is 0.756. The fraction of sp³-hybridized carbons (Fsp3) is 0.263. The van der Waals surface area contributed by atoms with Crippen molar-refractivity contribution in [3.05, 3.63) is 59.7 Å². The highest BCUT2D eigenvalue weighted by Gasteiger charge is 2.13. The Hall–Kier alpha value is -3.02. The van der Waals surface area contributed by atoms with Crippen molar-refractivity contribution < 1.29 is 14.3 Å². The summed E-state index contributed by atoms with van der Waals surface area (Å²) in [5, 5.41) is 8.28. The number of hydrogen-bond donors (Lipinski definition) is 3. The van der Waals surface area contributed by atoms with Crippen molar-refractivity contribution in [1.29, 1.82) is 0 Å². The second-order valence-electron chi connectivity index (χ2n) is 5.81. The Morgan fingerprint density at radius 1 is 1.04 bits per heavy atom. The van der Waals surface area contributed by atoms with Crippen LogP contribution in [0.1, 0.15) is 17.5 Å². The van der Waals surface area contributed by atoms with Gasteiger partial charge in [-0.2, -0.15) is 0 Å². The number of anilines is 1. The molecule has 0 unspecified atom stereocenters. The minimum atomic E-state index is -0.324. The van der Waals surface area contributed by atoms with Crippen LogP contribution in [0.5, 0.6) is 5.75 Å². The van der Waals surface area contributed by atoms with Gasteiger partial charge >= 0.3 is 6.03 Å². The average Bonchev–Trinajstić information content (AvgIpc) is 3.08. The van der Waals surface area contributed by atoms with Gasteiger partial charge in [-0.25, -0.2) is 4.79 Å². The Kier molecular flexibility index (Phi) is 5.51. The number of fused-ring (bicyclic) bond motifs is 1. The summed E-state index contributed by atoms with van der Waals surface area (Å²) in [5.41, 5.74) is 2.86. The molecule has 0 saturated carbocycles. The summed E-state index contributed by atoms with van der Waals surface area (Å²) in [4.78, 5) is 23.7. The molecule has 0 radical (unpaired) electrons. The summed E-state index contributed by atoms with van der Waals surface area (Å²) in [6.45, 7) is 1.45. The van der Waals surface area contributed by atoms with Gasteiger partial charge in [0.05, 0.1) is 6.61 Å². The molecule has 2 aromatic carbocycles. The number of urea groups is 1. The molecule has 1 heterocycles. The lowest BCUT2D eigenvalue weighted by atomic mass is 10.1. The Balaban J connectivity index is 1.35. The zero-order chi connectivity index (χ0) is 17.5. The molecule has 0 saturated heterocycles. The third-order valence-corrected chi connectivity index (χ3v) is 3.92. The number of hydrogen-bond acceptors (Lipinski definition) is 3. The molecule has 0 spiro atoms. The van der Waals surface area contributed by atoms with E-state index < -0.39 is 0 Å². The summed E-state index contributed by atoms with van der Waals surface area (Å²) in [6.07, 6.45) is 1.09. The van der Waals surface area contributed by atoms with Crippen LogP contribution in [0.25, 0.3) is 0 Å². The molecule has 25 heavy (non-hydrogen) atoms. The SMILES string of the molecule is O=C(CCNC(=O)Nc1ccc2c(c1)CCO2)NCc1ccccc1. The molecule has 1 aliphatic heterocycles. The van der Waals surface area contributed by atoms with Crippen molar-refractivity contribution in [2.75, 3.05) is 18.5 Å². The first-order valence-electron chi connectivity index (χ1n) is 8.32. The predicted molar refractivity (Wildman–Crippen MR) is 95.6 cm³/mol. The first kappa shape index (κ1) is 16.8. The highest BCUT2D eigenvalue weighted by Crippen LogP contribution is 2.27. The van der Waals surface area contributed by atoms with E-state index in [-0.39, 0.29) is 24.9 Å². The molecule has 130 valence electrons. The summed E-state index contributed by atoms with van der Waals surface area (Å²) >= 11 is 0. The van der Waals surface area contributed by atoms with Gasteiger partial charge in [-0.3, -0.25) is 4.79 Å². The van der Waals surface area contributed by atoms with Gasteiger partial charge in [0.15, 0.2) is 0 Å². The van der Waals surface area contributed by atoms with Crippen molar-refractivity contribution >= 4 is 17.6 Å². The fourth-order valence-corrected chi connectivity index (χ4v) is 2.61. The van der Waals surface area contributed by atoms with Gasteiger partial charge in [0, 0.05) is 31.6 Å². The van der Waals surface area contributed by atoms with Gasteiger partial charge in [-0.15, -0.1) is 0 Å². The number of carbonyl (C=O) groups excluding carboxylic acids is 2. The molecule has 2 aromatic rings. The van der Waals surface area contributed by atoms with E-state index in [1.165, 1.54) is 0 Å². The van der Waals surface area contributed by atoms with Crippen molar-refractivity contribution in [1.82, 2.24) is 10.6 Å². The van der Waals surface area contributed by atoms with E-state index in [1.54, 1.807) is 6.07 Å². The van der Waals surface area contributed by atoms with Gasteiger partial charge in [-0.05, 0) is 29.3 Å². The van der Waals surface area contributed by atoms with E-state index >= 15 is 0 Å². The summed E-state index contributed by atoms with van der Waals surface area (Å²) in [6, 6.07) is 14.9. The monoisotopic (exact) mass is 339 g/mol. The second kappa shape index (κ2) is 8.19. The number of ether oxygens (including phenoxy) is 1. The van der Waals surface area contributed by atoms with Crippen LogP contribution in [-0.2, 0) is 17.8 Å². The molecule has 1 aliphatic rings. The summed E-state index contributed by atoms with van der Waals surface area (Å²) in [5.74, 6) is 0.778. The molecule has 0 fully saturated rings. The van der Waals surface area contributed by atoms with Crippen molar-refractivity contribution in [3.8, 4) is 5.75 Å². The van der Waals surface area contributed by atoms with Gasteiger partial charge in [0.1, 0.15) is 5.75 Å². The summed E-state index contributed by atoms with van der Waals surface area (Å²) < 4.78 is 5.43. The molecule has 0 atom stereocenters. The van der Waals surface area contributed by atoms with E-state index in [2.05, 4.69) is 16.0 Å². The zero-order valence-corrected chi connectivity index (χ0v) is 13.9. The molecule has 3 amide bonds. The number of amides is 3. The Bertz CT molecular complexity index is 747. The maximum Gasteiger partial charge on any atom is 0.319 e. The van der Waals surface area contributed by atoms with Crippen LogP contribution >= 0.6 is 0 Å². The lowest BCUT2D eigenvalue weighted by Crippen LogP contribution is -2.33. The molecule has 0 aromatic heterocycles. The lowest BCUT2D eigenvalue weighted by molar-refractivity contribution is -0.121. The number of rotatable bonds is 6. The van der Waals surface area contributed by atoms with E-state index in [4.69, 9.17) is 4.74 Å². The van der Waals surface area contributed by atoms with Crippen LogP contribution in [0.3, 0.4) is 0 Å². The van der Waals surface area contributed by atoms with E-state index in [1.807, 2.05) is 42.5 Å². The predicted octanol–water partition coefficient (Wildman–Crippen LogP) is 2.45. The van der Waals surface area contributed by atoms with E-state index in [0.717, 1.165) is 29.0 Å². The molecule has 0 aliphatic carbocycles. The first-order valence-corrected chi connectivity index (χ1v) is 8.32. The van der Waals surface area contributed by atoms with Crippen LogP contribution in [0.15, 0.2) is 48.5 Å². The lowest BCUT2D eigenvalue weighted by Gasteiger charge is -2.09. The second-order valence-corrected chi connectivity index (χ2v) is 5.81. The van der Waals surface area contributed by atoms with Crippen molar-refractivity contribution in [3.63, 3.8) is 0 Å². The van der Waals surface area contributed by atoms with E-state index in [0.29, 0.717) is 13.2 Å². The van der Waals surface area contributed by atoms with Crippen molar-refractivity contribution in [2.45, 2.75) is 19.4 Å². The van der Waals surface area contributed by atoms with Crippen molar-refractivity contribution in [2.24, 2.45) is 0 Å². The van der Waals surface area contributed by atoms with Crippen LogP contribution in [0, 0.1) is 0 Å². The molecule has 0 bridgehead atoms. The Labute approximate surface area is 146 Å². The van der Waals surface area contributed by atoms with Gasteiger partial charge in [-0.1, -0.05) is 30.3 Å². The van der Waals surface area contributed by atoms with E-state index in [9.17, 15) is 9.59 Å². The van der Waals surface area contributed by atoms with Crippen LogP contribution < -0.4 is 20.7 Å². The van der Waals surface area contributed by atoms with Crippen LogP contribution in [0.2, 0.25) is 0 Å². The minimum absolute atomic E-state index is 0.0983. The first-order chi connectivity index (χ1) is 12.2. The molecule has 3 rings (SSSR count). The van der Waals surface area contributed by atoms with Gasteiger partial charge in [0.25, 0.3) is 0 Å². The highest BCUT2D eigenvalue weighted by atomic mass is 16.5. The molecule has 3 N–H and O–H groups in total. The maximum atomic E-state index is 11.9. The molecule has 6 nitrogen and oxygen atoms in total. The largest absolute Gasteiger partial charge is 0.493 e. The zero-order valence-electron chi connectivity index (χ0n) is 13.9. The topological polar surface area (TPSA) is 79.5 Å². The number of nitrogens with one attached hydrogen (secondary N) is 3. The van der Waals surface area contributed by atoms with Crippen LogP contribution in [0.4, 0.5) is 10.5 Å². The number of benzene rings is 2. The molecular weight excluding hydrogens is 318 g/mol. The van der Waals surface area contributed by atoms with Gasteiger partial charge in [0.2, 0.25) is 5.91 Å². The Morgan fingerprint density at radius 3 is 2.72 bits per heavy atom. The number of carbonyl (C=O) groups is 2. The van der Waals surface area contributed by atoms with Crippen LogP contribution in [-0.4, -0.2) is 25.1 Å².